The second kappa shape index (κ2) is 10.2. The van der Waals surface area contributed by atoms with Crippen LogP contribution in [-0.4, -0.2) is 36.2 Å². The molecule has 0 aliphatic carbocycles. The minimum atomic E-state index is -0.417. The third kappa shape index (κ3) is 9.14. The molecule has 0 saturated carbocycles. The van der Waals surface area contributed by atoms with Gasteiger partial charge in [0.15, 0.2) is 0 Å². The van der Waals surface area contributed by atoms with Crippen LogP contribution < -0.4 is 5.32 Å². The van der Waals surface area contributed by atoms with Gasteiger partial charge in [0.1, 0.15) is 0 Å². The molecule has 1 rings (SSSR count). The van der Waals surface area contributed by atoms with Gasteiger partial charge < -0.3 is 15.2 Å². The standard InChI is InChI=1S/C17H29NO2S/c1-13(2)9-18-10-15-6-5-7-17(8-15)21-12-16(19)11-20-14(3)4/h5-8,13-14,16,18-19H,9-12H2,1-4H3. The lowest BCUT2D eigenvalue weighted by molar-refractivity contribution is 0.0152. The normalized spacial score (nSPS) is 13.1. The van der Waals surface area contributed by atoms with Crippen molar-refractivity contribution in [2.45, 2.75) is 51.3 Å². The summed E-state index contributed by atoms with van der Waals surface area (Å²) in [4.78, 5) is 1.20. The molecule has 0 aliphatic heterocycles. The Balaban J connectivity index is 2.34. The van der Waals surface area contributed by atoms with Gasteiger partial charge in [-0.15, -0.1) is 11.8 Å². The molecule has 0 spiro atoms. The predicted molar refractivity (Wildman–Crippen MR) is 90.8 cm³/mol. The van der Waals surface area contributed by atoms with Crippen molar-refractivity contribution in [2.24, 2.45) is 5.92 Å². The van der Waals surface area contributed by atoms with Gasteiger partial charge in [0.2, 0.25) is 0 Å². The van der Waals surface area contributed by atoms with Crippen molar-refractivity contribution in [1.29, 1.82) is 0 Å². The average Bonchev–Trinajstić information content (AvgIpc) is 2.43. The molecule has 0 aliphatic rings. The van der Waals surface area contributed by atoms with Gasteiger partial charge in [-0.1, -0.05) is 26.0 Å². The Morgan fingerprint density at radius 2 is 2.00 bits per heavy atom. The lowest BCUT2D eigenvalue weighted by atomic mass is 10.2. The third-order valence-electron chi connectivity index (χ3n) is 2.84. The molecule has 1 atom stereocenters. The molecule has 21 heavy (non-hydrogen) atoms. The van der Waals surface area contributed by atoms with Crippen molar-refractivity contribution in [3.8, 4) is 0 Å². The maximum atomic E-state index is 9.87. The first-order chi connectivity index (χ1) is 9.97. The third-order valence-corrected chi connectivity index (χ3v) is 3.98. The smallest absolute Gasteiger partial charge is 0.0867 e. The molecule has 0 aromatic heterocycles. The molecule has 0 fully saturated rings. The van der Waals surface area contributed by atoms with Crippen LogP contribution in [0.1, 0.15) is 33.3 Å². The van der Waals surface area contributed by atoms with E-state index in [0.717, 1.165) is 13.1 Å². The van der Waals surface area contributed by atoms with Crippen molar-refractivity contribution in [2.75, 3.05) is 18.9 Å². The molecule has 0 amide bonds. The van der Waals surface area contributed by atoms with Crippen LogP contribution in [0, 0.1) is 5.92 Å². The summed E-state index contributed by atoms with van der Waals surface area (Å²) in [6.45, 7) is 10.7. The summed E-state index contributed by atoms with van der Waals surface area (Å²) in [5.41, 5.74) is 1.29. The minimum absolute atomic E-state index is 0.167. The van der Waals surface area contributed by atoms with Crippen LogP contribution in [0.15, 0.2) is 29.2 Å². The van der Waals surface area contributed by atoms with Gasteiger partial charge in [-0.3, -0.25) is 0 Å². The van der Waals surface area contributed by atoms with Gasteiger partial charge >= 0.3 is 0 Å². The van der Waals surface area contributed by atoms with E-state index in [4.69, 9.17) is 4.74 Å². The highest BCUT2D eigenvalue weighted by molar-refractivity contribution is 7.99. The Morgan fingerprint density at radius 1 is 1.24 bits per heavy atom. The van der Waals surface area contributed by atoms with Crippen LogP contribution in [0.25, 0.3) is 0 Å². The van der Waals surface area contributed by atoms with Gasteiger partial charge in [0.25, 0.3) is 0 Å². The molecule has 3 nitrogen and oxygen atoms in total. The van der Waals surface area contributed by atoms with Gasteiger partial charge in [-0.2, -0.15) is 0 Å². The highest BCUT2D eigenvalue weighted by atomic mass is 32.2. The first-order valence-corrected chi connectivity index (χ1v) is 8.68. The summed E-state index contributed by atoms with van der Waals surface area (Å²) in [6, 6.07) is 8.49. The monoisotopic (exact) mass is 311 g/mol. The molecule has 120 valence electrons. The number of aliphatic hydroxyl groups excluding tert-OH is 1. The molecular weight excluding hydrogens is 282 g/mol. The quantitative estimate of drug-likeness (QED) is 0.651. The minimum Gasteiger partial charge on any atom is -0.390 e. The number of thioether (sulfide) groups is 1. The van der Waals surface area contributed by atoms with Crippen LogP contribution in [-0.2, 0) is 11.3 Å². The first kappa shape index (κ1) is 18.5. The van der Waals surface area contributed by atoms with E-state index in [1.165, 1.54) is 10.5 Å². The van der Waals surface area contributed by atoms with Crippen molar-refractivity contribution < 1.29 is 9.84 Å². The predicted octanol–water partition coefficient (Wildman–Crippen LogP) is 3.31. The van der Waals surface area contributed by atoms with Crippen molar-refractivity contribution >= 4 is 11.8 Å². The van der Waals surface area contributed by atoms with Crippen LogP contribution in [0.3, 0.4) is 0 Å². The fourth-order valence-electron chi connectivity index (χ4n) is 1.79. The van der Waals surface area contributed by atoms with E-state index < -0.39 is 6.10 Å². The lowest BCUT2D eigenvalue weighted by Gasteiger charge is -2.13. The van der Waals surface area contributed by atoms with Crippen molar-refractivity contribution in [3.05, 3.63) is 29.8 Å². The van der Waals surface area contributed by atoms with Crippen molar-refractivity contribution in [3.63, 3.8) is 0 Å². The topological polar surface area (TPSA) is 41.5 Å². The van der Waals surface area contributed by atoms with Gasteiger partial charge in [0, 0.05) is 17.2 Å². The molecule has 0 saturated heterocycles. The number of nitrogens with one attached hydrogen (secondary N) is 1. The molecule has 0 radical (unpaired) electrons. The van der Waals surface area contributed by atoms with Gasteiger partial charge in [0.05, 0.1) is 18.8 Å². The van der Waals surface area contributed by atoms with E-state index >= 15 is 0 Å². The van der Waals surface area contributed by atoms with Gasteiger partial charge in [-0.25, -0.2) is 0 Å². The van der Waals surface area contributed by atoms with E-state index in [0.29, 0.717) is 18.3 Å². The lowest BCUT2D eigenvalue weighted by Crippen LogP contribution is -2.20. The number of benzene rings is 1. The van der Waals surface area contributed by atoms with Crippen LogP contribution in [0.4, 0.5) is 0 Å². The summed E-state index contributed by atoms with van der Waals surface area (Å²) in [5.74, 6) is 1.33. The average molecular weight is 311 g/mol. The van der Waals surface area contributed by atoms with E-state index in [-0.39, 0.29) is 6.10 Å². The number of aliphatic hydroxyl groups is 1. The zero-order chi connectivity index (χ0) is 15.7. The maximum Gasteiger partial charge on any atom is 0.0867 e. The Kier molecular flexibility index (Phi) is 9.00. The van der Waals surface area contributed by atoms with E-state index in [1.54, 1.807) is 11.8 Å². The Labute approximate surface area is 133 Å². The molecule has 4 heteroatoms. The first-order valence-electron chi connectivity index (χ1n) is 7.69. The zero-order valence-corrected chi connectivity index (χ0v) is 14.5. The number of hydrogen-bond acceptors (Lipinski definition) is 4. The van der Waals surface area contributed by atoms with Crippen LogP contribution in [0.5, 0.6) is 0 Å². The SMILES string of the molecule is CC(C)CNCc1cccc(SCC(O)COC(C)C)c1. The molecular formula is C17H29NO2S. The summed E-state index contributed by atoms with van der Waals surface area (Å²) in [7, 11) is 0. The Morgan fingerprint density at radius 3 is 2.67 bits per heavy atom. The highest BCUT2D eigenvalue weighted by Crippen LogP contribution is 2.20. The largest absolute Gasteiger partial charge is 0.390 e. The van der Waals surface area contributed by atoms with Gasteiger partial charge in [-0.05, 0) is 44.0 Å². The van der Waals surface area contributed by atoms with E-state index in [2.05, 4.69) is 43.4 Å². The second-order valence-electron chi connectivity index (χ2n) is 6.02. The summed E-state index contributed by atoms with van der Waals surface area (Å²) >= 11 is 1.68. The number of hydrogen-bond donors (Lipinski definition) is 2. The Bertz CT molecular complexity index is 396. The van der Waals surface area contributed by atoms with E-state index in [1.807, 2.05) is 13.8 Å². The molecule has 1 aromatic carbocycles. The van der Waals surface area contributed by atoms with Crippen LogP contribution in [0.2, 0.25) is 0 Å². The second-order valence-corrected chi connectivity index (χ2v) is 7.11. The fraction of sp³-hybridized carbons (Fsp3) is 0.647. The fourth-order valence-corrected chi connectivity index (χ4v) is 2.69. The summed E-state index contributed by atoms with van der Waals surface area (Å²) in [5, 5.41) is 13.3. The molecule has 0 heterocycles. The van der Waals surface area contributed by atoms with Crippen molar-refractivity contribution in [1.82, 2.24) is 5.32 Å². The highest BCUT2D eigenvalue weighted by Gasteiger charge is 2.07. The summed E-state index contributed by atoms with van der Waals surface area (Å²) < 4.78 is 5.42. The Hall–Kier alpha value is -0.550. The number of rotatable bonds is 10. The molecule has 1 unspecified atom stereocenters. The summed E-state index contributed by atoms with van der Waals surface area (Å²) in [6.07, 6.45) is -0.250. The van der Waals surface area contributed by atoms with Crippen LogP contribution >= 0.6 is 11.8 Å². The molecule has 1 aromatic rings. The zero-order valence-electron chi connectivity index (χ0n) is 13.6. The number of ether oxygens (including phenoxy) is 1. The molecule has 2 N–H and O–H groups in total. The van der Waals surface area contributed by atoms with E-state index in [9.17, 15) is 5.11 Å². The maximum absolute atomic E-state index is 9.87. The molecule has 0 bridgehead atoms.